The number of rotatable bonds is 1. The van der Waals surface area contributed by atoms with Gasteiger partial charge in [0.1, 0.15) is 12.2 Å². The lowest BCUT2D eigenvalue weighted by molar-refractivity contribution is 0.00729. The molecule has 3 rings (SSSR count). The van der Waals surface area contributed by atoms with E-state index in [-0.39, 0.29) is 18.1 Å². The van der Waals surface area contributed by atoms with Crippen LogP contribution >= 0.6 is 0 Å². The molecule has 0 bridgehead atoms. The van der Waals surface area contributed by atoms with Crippen LogP contribution in [-0.4, -0.2) is 54.1 Å². The van der Waals surface area contributed by atoms with Gasteiger partial charge in [0.2, 0.25) is 0 Å². The van der Waals surface area contributed by atoms with Crippen LogP contribution in [0.1, 0.15) is 53.9 Å². The lowest BCUT2D eigenvalue weighted by atomic mass is 9.92. The number of amides is 1. The summed E-state index contributed by atoms with van der Waals surface area (Å²) in [5, 5.41) is 0. The number of nitrogens with zero attached hydrogens (tertiary/aromatic N) is 2. The molecule has 1 aromatic rings. The second-order valence-corrected chi connectivity index (χ2v) is 7.80. The molecular weight excluding hydrogens is 320 g/mol. The minimum Gasteiger partial charge on any atom is -0.457 e. The fraction of sp³-hybridized carbons (Fsp3) is 0.579. The SMILES string of the molecule is Cc1c(C2CN(C(=O)OC(C)(C)C)CCN2C)ccc2c1COC2=O. The first-order valence-electron chi connectivity index (χ1n) is 8.65. The van der Waals surface area contributed by atoms with Crippen molar-refractivity contribution < 1.29 is 19.1 Å². The van der Waals surface area contributed by atoms with Gasteiger partial charge in [0, 0.05) is 25.2 Å². The standard InChI is InChI=1S/C19H26N2O4/c1-12-13(6-7-14-15(12)11-24-17(14)22)16-10-21(9-8-20(16)5)18(23)25-19(2,3)4/h6-7,16H,8-11H2,1-5H3. The van der Waals surface area contributed by atoms with Crippen molar-refractivity contribution in [1.82, 2.24) is 9.80 Å². The van der Waals surface area contributed by atoms with Gasteiger partial charge < -0.3 is 14.4 Å². The first kappa shape index (κ1) is 17.7. The zero-order valence-electron chi connectivity index (χ0n) is 15.6. The van der Waals surface area contributed by atoms with E-state index in [1.807, 2.05) is 39.8 Å². The number of carbonyl (C=O) groups is 2. The maximum atomic E-state index is 12.4. The van der Waals surface area contributed by atoms with Crippen LogP contribution < -0.4 is 0 Å². The van der Waals surface area contributed by atoms with Gasteiger partial charge in [-0.25, -0.2) is 9.59 Å². The molecule has 25 heavy (non-hydrogen) atoms. The molecule has 1 atom stereocenters. The molecule has 0 aliphatic carbocycles. The highest BCUT2D eigenvalue weighted by molar-refractivity contribution is 5.94. The summed E-state index contributed by atoms with van der Waals surface area (Å²) in [6.45, 7) is 9.97. The van der Waals surface area contributed by atoms with E-state index < -0.39 is 5.60 Å². The molecule has 0 aromatic heterocycles. The van der Waals surface area contributed by atoms with Crippen LogP contribution in [0.5, 0.6) is 0 Å². The highest BCUT2D eigenvalue weighted by Gasteiger charge is 2.33. The normalized spacial score (nSPS) is 21.1. The fourth-order valence-corrected chi connectivity index (χ4v) is 3.43. The molecule has 0 radical (unpaired) electrons. The Morgan fingerprint density at radius 2 is 2.00 bits per heavy atom. The molecule has 136 valence electrons. The van der Waals surface area contributed by atoms with Crippen LogP contribution in [0.3, 0.4) is 0 Å². The van der Waals surface area contributed by atoms with Crippen LogP contribution in [-0.2, 0) is 16.1 Å². The van der Waals surface area contributed by atoms with E-state index in [0.717, 1.165) is 23.2 Å². The van der Waals surface area contributed by atoms with Gasteiger partial charge in [-0.1, -0.05) is 6.07 Å². The predicted octanol–water partition coefficient (Wildman–Crippen LogP) is 2.89. The van der Waals surface area contributed by atoms with Gasteiger partial charge in [-0.15, -0.1) is 0 Å². The largest absolute Gasteiger partial charge is 0.457 e. The van der Waals surface area contributed by atoms with Gasteiger partial charge >= 0.3 is 12.1 Å². The molecule has 1 aromatic carbocycles. The number of ether oxygens (including phenoxy) is 2. The van der Waals surface area contributed by atoms with Crippen LogP contribution in [0.15, 0.2) is 12.1 Å². The van der Waals surface area contributed by atoms with Gasteiger partial charge in [0.15, 0.2) is 0 Å². The molecule has 0 N–H and O–H groups in total. The van der Waals surface area contributed by atoms with E-state index >= 15 is 0 Å². The summed E-state index contributed by atoms with van der Waals surface area (Å²) >= 11 is 0. The van der Waals surface area contributed by atoms with Crippen molar-refractivity contribution in [3.8, 4) is 0 Å². The van der Waals surface area contributed by atoms with E-state index in [1.54, 1.807) is 4.90 Å². The summed E-state index contributed by atoms with van der Waals surface area (Å²) in [6.07, 6.45) is -0.275. The lowest BCUT2D eigenvalue weighted by Gasteiger charge is -2.40. The van der Waals surface area contributed by atoms with Gasteiger partial charge in [0.05, 0.1) is 11.6 Å². The number of piperazine rings is 1. The molecule has 2 heterocycles. The molecule has 2 aliphatic heterocycles. The van der Waals surface area contributed by atoms with E-state index in [2.05, 4.69) is 11.9 Å². The quantitative estimate of drug-likeness (QED) is 0.732. The highest BCUT2D eigenvalue weighted by Crippen LogP contribution is 2.33. The second-order valence-electron chi connectivity index (χ2n) is 7.80. The number of cyclic esters (lactones) is 1. The number of carbonyl (C=O) groups excluding carboxylic acids is 2. The van der Waals surface area contributed by atoms with Crippen molar-refractivity contribution in [3.05, 3.63) is 34.4 Å². The number of fused-ring (bicyclic) bond motifs is 1. The zero-order valence-corrected chi connectivity index (χ0v) is 15.6. The van der Waals surface area contributed by atoms with E-state index in [1.165, 1.54) is 0 Å². The van der Waals surface area contributed by atoms with Gasteiger partial charge in [0.25, 0.3) is 0 Å². The summed E-state index contributed by atoms with van der Waals surface area (Å²) in [4.78, 5) is 28.2. The minimum absolute atomic E-state index is 0.0715. The molecule has 1 unspecified atom stereocenters. The fourth-order valence-electron chi connectivity index (χ4n) is 3.43. The summed E-state index contributed by atoms with van der Waals surface area (Å²) in [5.74, 6) is -0.253. The molecule has 2 aliphatic rings. The maximum absolute atomic E-state index is 12.4. The third-order valence-corrected chi connectivity index (χ3v) is 4.87. The third kappa shape index (κ3) is 3.49. The van der Waals surface area contributed by atoms with Crippen molar-refractivity contribution >= 4 is 12.1 Å². The Balaban J connectivity index is 1.84. The Morgan fingerprint density at radius 3 is 2.68 bits per heavy atom. The van der Waals surface area contributed by atoms with E-state index in [0.29, 0.717) is 25.3 Å². The molecule has 1 amide bonds. The second kappa shape index (κ2) is 6.33. The van der Waals surface area contributed by atoms with Gasteiger partial charge in [-0.3, -0.25) is 4.90 Å². The zero-order chi connectivity index (χ0) is 18.4. The van der Waals surface area contributed by atoms with Crippen molar-refractivity contribution in [2.24, 2.45) is 0 Å². The van der Waals surface area contributed by atoms with E-state index in [4.69, 9.17) is 9.47 Å². The molecule has 0 saturated carbocycles. The first-order valence-corrected chi connectivity index (χ1v) is 8.65. The van der Waals surface area contributed by atoms with Crippen LogP contribution in [0.2, 0.25) is 0 Å². The number of hydrogen-bond acceptors (Lipinski definition) is 5. The Bertz CT molecular complexity index is 708. The van der Waals surface area contributed by atoms with Gasteiger partial charge in [-0.05, 0) is 51.9 Å². The molecule has 0 spiro atoms. The minimum atomic E-state index is -0.503. The average Bonchev–Trinajstić information content (AvgIpc) is 2.89. The summed E-state index contributed by atoms with van der Waals surface area (Å²) in [7, 11) is 2.06. The number of benzene rings is 1. The molecule has 1 saturated heterocycles. The third-order valence-electron chi connectivity index (χ3n) is 4.87. The average molecular weight is 346 g/mol. The molecule has 6 heteroatoms. The Hall–Kier alpha value is -2.08. The first-order chi connectivity index (χ1) is 11.7. The van der Waals surface area contributed by atoms with Crippen molar-refractivity contribution in [2.45, 2.75) is 45.9 Å². The number of esters is 1. The van der Waals surface area contributed by atoms with Crippen LogP contribution in [0.4, 0.5) is 4.79 Å². The predicted molar refractivity (Wildman–Crippen MR) is 93.5 cm³/mol. The Kier molecular flexibility index (Phi) is 4.49. The van der Waals surface area contributed by atoms with Crippen molar-refractivity contribution in [3.63, 3.8) is 0 Å². The Labute approximate surface area is 148 Å². The maximum Gasteiger partial charge on any atom is 0.410 e. The highest BCUT2D eigenvalue weighted by atomic mass is 16.6. The molecule has 6 nitrogen and oxygen atoms in total. The smallest absolute Gasteiger partial charge is 0.410 e. The topological polar surface area (TPSA) is 59.1 Å². The van der Waals surface area contributed by atoms with Crippen molar-refractivity contribution in [2.75, 3.05) is 26.7 Å². The summed E-state index contributed by atoms with van der Waals surface area (Å²) in [5.41, 5.74) is 3.32. The van der Waals surface area contributed by atoms with Crippen molar-refractivity contribution in [1.29, 1.82) is 0 Å². The van der Waals surface area contributed by atoms with Gasteiger partial charge in [-0.2, -0.15) is 0 Å². The lowest BCUT2D eigenvalue weighted by Crippen LogP contribution is -2.50. The molecular formula is C19H26N2O4. The monoisotopic (exact) mass is 346 g/mol. The number of likely N-dealkylation sites (N-methyl/N-ethyl adjacent to an activating group) is 1. The summed E-state index contributed by atoms with van der Waals surface area (Å²) < 4.78 is 10.7. The number of hydrogen-bond donors (Lipinski definition) is 0. The summed E-state index contributed by atoms with van der Waals surface area (Å²) in [6, 6.07) is 3.90. The molecule has 1 fully saturated rings. The van der Waals surface area contributed by atoms with E-state index in [9.17, 15) is 9.59 Å². The Morgan fingerprint density at radius 1 is 1.28 bits per heavy atom. The van der Waals surface area contributed by atoms with Crippen LogP contribution in [0.25, 0.3) is 0 Å². The van der Waals surface area contributed by atoms with Crippen LogP contribution in [0, 0.1) is 6.92 Å².